The first-order chi connectivity index (χ1) is 11.0. The summed E-state index contributed by atoms with van der Waals surface area (Å²) in [5.74, 6) is -0.328. The van der Waals surface area contributed by atoms with Crippen LogP contribution in [0.1, 0.15) is 38.3 Å². The molecule has 2 amide bonds. The van der Waals surface area contributed by atoms with Crippen molar-refractivity contribution < 1.29 is 27.5 Å². The van der Waals surface area contributed by atoms with Gasteiger partial charge in [0.1, 0.15) is 5.60 Å². The molecule has 0 aliphatic heterocycles. The Morgan fingerprint density at radius 2 is 1.62 bits per heavy atom. The molecule has 0 radical (unpaired) electrons. The summed E-state index contributed by atoms with van der Waals surface area (Å²) in [6, 6.07) is 4.54. The first kappa shape index (κ1) is 19.8. The fraction of sp³-hybridized carbons (Fsp3) is 0.500. The molecular formula is C16H21F3N2O3. The van der Waals surface area contributed by atoms with Crippen molar-refractivity contribution >= 4 is 12.0 Å². The van der Waals surface area contributed by atoms with Crippen molar-refractivity contribution in [1.29, 1.82) is 0 Å². The quantitative estimate of drug-likeness (QED) is 0.860. The summed E-state index contributed by atoms with van der Waals surface area (Å²) in [5.41, 5.74) is -0.801. The molecule has 0 aliphatic carbocycles. The summed E-state index contributed by atoms with van der Waals surface area (Å²) in [4.78, 5) is 23.0. The molecule has 0 atom stereocenters. The maximum atomic E-state index is 12.4. The molecule has 0 saturated heterocycles. The zero-order chi connectivity index (χ0) is 18.4. The van der Waals surface area contributed by atoms with Gasteiger partial charge in [-0.05, 0) is 38.5 Å². The van der Waals surface area contributed by atoms with Gasteiger partial charge in [0.25, 0.3) is 0 Å². The van der Waals surface area contributed by atoms with Gasteiger partial charge in [-0.3, -0.25) is 4.79 Å². The number of hydrogen-bond donors (Lipinski definition) is 2. The van der Waals surface area contributed by atoms with E-state index in [4.69, 9.17) is 4.74 Å². The highest BCUT2D eigenvalue weighted by atomic mass is 19.4. The normalized spacial score (nSPS) is 11.8. The molecule has 1 rings (SSSR count). The van der Waals surface area contributed by atoms with E-state index < -0.39 is 23.4 Å². The predicted octanol–water partition coefficient (Wildman–Crippen LogP) is 3.24. The summed E-state index contributed by atoms with van der Waals surface area (Å²) in [5, 5.41) is 5.01. The number of nitrogens with one attached hydrogen (secondary N) is 2. The summed E-state index contributed by atoms with van der Waals surface area (Å²) in [6.07, 6.45) is -4.95. The molecule has 0 saturated carbocycles. The van der Waals surface area contributed by atoms with Gasteiger partial charge >= 0.3 is 12.3 Å². The Kier molecular flexibility index (Phi) is 6.62. The molecular weight excluding hydrogens is 325 g/mol. The van der Waals surface area contributed by atoms with E-state index in [2.05, 4.69) is 10.6 Å². The van der Waals surface area contributed by atoms with Crippen LogP contribution < -0.4 is 10.6 Å². The lowest BCUT2D eigenvalue weighted by Crippen LogP contribution is -2.35. The van der Waals surface area contributed by atoms with Crippen molar-refractivity contribution in [3.05, 3.63) is 35.4 Å². The molecule has 0 aliphatic rings. The zero-order valence-electron chi connectivity index (χ0n) is 13.8. The average molecular weight is 346 g/mol. The van der Waals surface area contributed by atoms with E-state index in [0.29, 0.717) is 5.56 Å². The minimum Gasteiger partial charge on any atom is -0.444 e. The standard InChI is InChI=1S/C16H21F3N2O3/c1-15(2,3)24-14(23)20-9-8-13(22)21-10-11-4-6-12(7-5-11)16(17,18)19/h4-7H,8-10H2,1-3H3,(H,20,23)(H,21,22). The number of amides is 2. The Bertz CT molecular complexity index is 563. The van der Waals surface area contributed by atoms with Crippen LogP contribution in [0.3, 0.4) is 0 Å². The molecule has 2 N–H and O–H groups in total. The lowest BCUT2D eigenvalue weighted by atomic mass is 10.1. The lowest BCUT2D eigenvalue weighted by molar-refractivity contribution is -0.137. The van der Waals surface area contributed by atoms with Crippen molar-refractivity contribution in [1.82, 2.24) is 10.6 Å². The van der Waals surface area contributed by atoms with Gasteiger partial charge in [-0.2, -0.15) is 13.2 Å². The van der Waals surface area contributed by atoms with Crippen molar-refractivity contribution in [2.24, 2.45) is 0 Å². The second-order valence-electron chi connectivity index (χ2n) is 6.15. The van der Waals surface area contributed by atoms with Crippen molar-refractivity contribution in [3.8, 4) is 0 Å². The van der Waals surface area contributed by atoms with Gasteiger partial charge in [0.05, 0.1) is 5.56 Å². The van der Waals surface area contributed by atoms with Crippen LogP contribution in [0.15, 0.2) is 24.3 Å². The second kappa shape index (κ2) is 8.03. The maximum Gasteiger partial charge on any atom is 0.416 e. The number of benzene rings is 1. The predicted molar refractivity (Wildman–Crippen MR) is 82.1 cm³/mol. The van der Waals surface area contributed by atoms with Crippen LogP contribution in [-0.2, 0) is 22.3 Å². The lowest BCUT2D eigenvalue weighted by Gasteiger charge is -2.19. The monoisotopic (exact) mass is 346 g/mol. The SMILES string of the molecule is CC(C)(C)OC(=O)NCCC(=O)NCc1ccc(C(F)(F)F)cc1. The fourth-order valence-corrected chi connectivity index (χ4v) is 1.69. The minimum absolute atomic E-state index is 0.0415. The Balaban J connectivity index is 2.30. The number of alkyl carbamates (subject to hydrolysis) is 1. The number of halogens is 3. The number of carbonyl (C=O) groups excluding carboxylic acids is 2. The third kappa shape index (κ3) is 7.85. The molecule has 0 fully saturated rings. The third-order valence-electron chi connectivity index (χ3n) is 2.79. The molecule has 1 aromatic rings. The van der Waals surface area contributed by atoms with Gasteiger partial charge in [0.15, 0.2) is 0 Å². The zero-order valence-corrected chi connectivity index (χ0v) is 13.8. The molecule has 0 heterocycles. The van der Waals surface area contributed by atoms with E-state index in [1.54, 1.807) is 20.8 Å². The summed E-state index contributed by atoms with van der Waals surface area (Å²) >= 11 is 0. The smallest absolute Gasteiger partial charge is 0.416 e. The number of rotatable bonds is 5. The van der Waals surface area contributed by atoms with Crippen molar-refractivity contribution in [3.63, 3.8) is 0 Å². The first-order valence-electron chi connectivity index (χ1n) is 7.37. The highest BCUT2D eigenvalue weighted by Gasteiger charge is 2.29. The Labute approximate surface area is 138 Å². The van der Waals surface area contributed by atoms with Gasteiger partial charge < -0.3 is 15.4 Å². The summed E-state index contributed by atoms with van der Waals surface area (Å²) in [7, 11) is 0. The van der Waals surface area contributed by atoms with E-state index >= 15 is 0 Å². The van der Waals surface area contributed by atoms with Crippen LogP contribution in [0, 0.1) is 0 Å². The van der Waals surface area contributed by atoms with Crippen molar-refractivity contribution in [2.75, 3.05) is 6.54 Å². The highest BCUT2D eigenvalue weighted by molar-refractivity contribution is 5.77. The highest BCUT2D eigenvalue weighted by Crippen LogP contribution is 2.28. The average Bonchev–Trinajstić information content (AvgIpc) is 2.42. The fourth-order valence-electron chi connectivity index (χ4n) is 1.69. The van der Waals surface area contributed by atoms with E-state index in [0.717, 1.165) is 12.1 Å². The largest absolute Gasteiger partial charge is 0.444 e. The number of ether oxygens (including phenoxy) is 1. The van der Waals surface area contributed by atoms with E-state index in [9.17, 15) is 22.8 Å². The van der Waals surface area contributed by atoms with Crippen LogP contribution in [0.5, 0.6) is 0 Å². The first-order valence-corrected chi connectivity index (χ1v) is 7.37. The van der Waals surface area contributed by atoms with Gasteiger partial charge in [-0.1, -0.05) is 12.1 Å². The second-order valence-corrected chi connectivity index (χ2v) is 6.15. The molecule has 0 bridgehead atoms. The number of carbonyl (C=O) groups is 2. The maximum absolute atomic E-state index is 12.4. The molecule has 0 unspecified atom stereocenters. The van der Waals surface area contributed by atoms with Crippen molar-refractivity contribution in [2.45, 2.75) is 45.5 Å². The molecule has 0 spiro atoms. The summed E-state index contributed by atoms with van der Waals surface area (Å²) in [6.45, 7) is 5.40. The van der Waals surface area contributed by atoms with Crippen LogP contribution >= 0.6 is 0 Å². The molecule has 134 valence electrons. The molecule has 1 aromatic carbocycles. The van der Waals surface area contributed by atoms with Gasteiger partial charge in [0, 0.05) is 19.5 Å². The minimum atomic E-state index is -4.38. The van der Waals surface area contributed by atoms with E-state index in [1.807, 2.05) is 0 Å². The third-order valence-corrected chi connectivity index (χ3v) is 2.79. The Morgan fingerprint density at radius 1 is 1.04 bits per heavy atom. The molecule has 0 aromatic heterocycles. The van der Waals surface area contributed by atoms with E-state index in [-0.39, 0.29) is 25.4 Å². The Morgan fingerprint density at radius 3 is 2.12 bits per heavy atom. The molecule has 5 nitrogen and oxygen atoms in total. The van der Waals surface area contributed by atoms with Crippen LogP contribution in [0.4, 0.5) is 18.0 Å². The molecule has 24 heavy (non-hydrogen) atoms. The molecule has 8 heteroatoms. The van der Waals surface area contributed by atoms with E-state index in [1.165, 1.54) is 12.1 Å². The van der Waals surface area contributed by atoms with Gasteiger partial charge in [-0.25, -0.2) is 4.79 Å². The number of alkyl halides is 3. The van der Waals surface area contributed by atoms with Gasteiger partial charge in [-0.15, -0.1) is 0 Å². The number of hydrogen-bond acceptors (Lipinski definition) is 3. The van der Waals surface area contributed by atoms with Crippen LogP contribution in [0.25, 0.3) is 0 Å². The summed E-state index contributed by atoms with van der Waals surface area (Å²) < 4.78 is 42.3. The van der Waals surface area contributed by atoms with Crippen LogP contribution in [0.2, 0.25) is 0 Å². The Hall–Kier alpha value is -2.25. The topological polar surface area (TPSA) is 67.4 Å². The van der Waals surface area contributed by atoms with Crippen LogP contribution in [-0.4, -0.2) is 24.1 Å². The van der Waals surface area contributed by atoms with Gasteiger partial charge in [0.2, 0.25) is 5.91 Å².